The molecule has 0 aromatic rings. The van der Waals surface area contributed by atoms with Crippen LogP contribution >= 0.6 is 0 Å². The summed E-state index contributed by atoms with van der Waals surface area (Å²) in [5.41, 5.74) is 0.287. The monoisotopic (exact) mass is 352 g/mol. The SMILES string of the molecule is CCOC(=O)/C(C)=C/[C@H](C(C)C)N(C)C(=O)CNC(=O)C(F)(F)F. The largest absolute Gasteiger partial charge is 0.471 e. The molecule has 0 bridgehead atoms. The molecule has 0 spiro atoms. The lowest BCUT2D eigenvalue weighted by molar-refractivity contribution is -0.174. The summed E-state index contributed by atoms with van der Waals surface area (Å²) in [5, 5.41) is 1.53. The normalized spacial score (nSPS) is 13.5. The molecule has 0 saturated carbocycles. The number of ether oxygens (including phenoxy) is 1. The Bertz CT molecular complexity index is 501. The van der Waals surface area contributed by atoms with E-state index in [1.165, 1.54) is 30.3 Å². The summed E-state index contributed by atoms with van der Waals surface area (Å²) < 4.78 is 41.2. The lowest BCUT2D eigenvalue weighted by atomic mass is 10.00. The van der Waals surface area contributed by atoms with E-state index in [-0.39, 0.29) is 18.1 Å². The summed E-state index contributed by atoms with van der Waals surface area (Å²) in [4.78, 5) is 35.6. The number of hydrogen-bond donors (Lipinski definition) is 1. The van der Waals surface area contributed by atoms with Gasteiger partial charge in [-0.05, 0) is 19.8 Å². The first-order chi connectivity index (χ1) is 10.9. The number of hydrogen-bond acceptors (Lipinski definition) is 4. The molecule has 9 heteroatoms. The minimum atomic E-state index is -5.04. The van der Waals surface area contributed by atoms with E-state index >= 15 is 0 Å². The molecule has 0 saturated heterocycles. The fraction of sp³-hybridized carbons (Fsp3) is 0.667. The predicted octanol–water partition coefficient (Wildman–Crippen LogP) is 1.66. The zero-order valence-electron chi connectivity index (χ0n) is 14.4. The molecule has 138 valence electrons. The van der Waals surface area contributed by atoms with Crippen LogP contribution in [0.3, 0.4) is 0 Å². The Morgan fingerprint density at radius 1 is 1.25 bits per heavy atom. The average Bonchev–Trinajstić information content (AvgIpc) is 2.47. The lowest BCUT2D eigenvalue weighted by Crippen LogP contribution is -2.47. The van der Waals surface area contributed by atoms with Crippen LogP contribution in [0.25, 0.3) is 0 Å². The molecule has 0 heterocycles. The smallest absolute Gasteiger partial charge is 0.463 e. The van der Waals surface area contributed by atoms with Gasteiger partial charge in [-0.15, -0.1) is 0 Å². The summed E-state index contributed by atoms with van der Waals surface area (Å²) in [6.45, 7) is 6.18. The molecule has 0 fully saturated rings. The second-order valence-corrected chi connectivity index (χ2v) is 5.49. The van der Waals surface area contributed by atoms with E-state index in [9.17, 15) is 27.6 Å². The maximum Gasteiger partial charge on any atom is 0.471 e. The average molecular weight is 352 g/mol. The molecule has 0 unspecified atom stereocenters. The number of esters is 1. The van der Waals surface area contributed by atoms with Gasteiger partial charge in [0.2, 0.25) is 5.91 Å². The van der Waals surface area contributed by atoms with Gasteiger partial charge in [0.15, 0.2) is 0 Å². The van der Waals surface area contributed by atoms with Crippen LogP contribution in [0.4, 0.5) is 13.2 Å². The van der Waals surface area contributed by atoms with E-state index in [4.69, 9.17) is 4.74 Å². The summed E-state index contributed by atoms with van der Waals surface area (Å²) in [5.74, 6) is -3.53. The van der Waals surface area contributed by atoms with Gasteiger partial charge in [0.05, 0.1) is 19.2 Å². The number of rotatable bonds is 7. The van der Waals surface area contributed by atoms with Crippen molar-refractivity contribution in [3.63, 3.8) is 0 Å². The van der Waals surface area contributed by atoms with Gasteiger partial charge >= 0.3 is 18.1 Å². The Kier molecular flexibility index (Phi) is 8.49. The predicted molar refractivity (Wildman–Crippen MR) is 80.9 cm³/mol. The summed E-state index contributed by atoms with van der Waals surface area (Å²) >= 11 is 0. The molecule has 0 radical (unpaired) electrons. The first-order valence-electron chi connectivity index (χ1n) is 7.38. The van der Waals surface area contributed by atoms with Crippen molar-refractivity contribution >= 4 is 17.8 Å². The van der Waals surface area contributed by atoms with E-state index in [1.54, 1.807) is 20.8 Å². The molecule has 1 atom stereocenters. The van der Waals surface area contributed by atoms with Crippen LogP contribution in [0, 0.1) is 5.92 Å². The molecule has 0 rings (SSSR count). The Morgan fingerprint density at radius 2 is 1.79 bits per heavy atom. The van der Waals surface area contributed by atoms with Crippen LogP contribution in [0.1, 0.15) is 27.7 Å². The summed E-state index contributed by atoms with van der Waals surface area (Å²) in [6.07, 6.45) is -3.52. The highest BCUT2D eigenvalue weighted by molar-refractivity contribution is 5.89. The highest BCUT2D eigenvalue weighted by Crippen LogP contribution is 2.15. The summed E-state index contributed by atoms with van der Waals surface area (Å²) in [6, 6.07) is -0.537. The standard InChI is InChI=1S/C15H23F3N2O4/c1-6-24-13(22)10(4)7-11(9(2)3)20(5)12(21)8-19-14(23)15(16,17)18/h7,9,11H,6,8H2,1-5H3,(H,19,23)/b10-7+/t11-/m1/s1. The minimum absolute atomic E-state index is 0.110. The van der Waals surface area contributed by atoms with Crippen molar-refractivity contribution < 1.29 is 32.3 Å². The van der Waals surface area contributed by atoms with Crippen molar-refractivity contribution in [2.45, 2.75) is 39.9 Å². The van der Waals surface area contributed by atoms with E-state index in [1.807, 2.05) is 0 Å². The molecule has 24 heavy (non-hydrogen) atoms. The van der Waals surface area contributed by atoms with Gasteiger partial charge in [-0.1, -0.05) is 19.9 Å². The second-order valence-electron chi connectivity index (χ2n) is 5.49. The molecule has 0 aromatic carbocycles. The molecule has 1 N–H and O–H groups in total. The third kappa shape index (κ3) is 7.01. The first-order valence-corrected chi connectivity index (χ1v) is 7.38. The highest BCUT2D eigenvalue weighted by atomic mass is 19.4. The van der Waals surface area contributed by atoms with Crippen molar-refractivity contribution in [2.75, 3.05) is 20.2 Å². The van der Waals surface area contributed by atoms with Gasteiger partial charge in [-0.25, -0.2) is 4.79 Å². The number of likely N-dealkylation sites (N-methyl/N-ethyl adjacent to an activating group) is 1. The van der Waals surface area contributed by atoms with Gasteiger partial charge < -0.3 is 15.0 Å². The molecule has 0 aromatic heterocycles. The van der Waals surface area contributed by atoms with Gasteiger partial charge in [-0.2, -0.15) is 13.2 Å². The quantitative estimate of drug-likeness (QED) is 0.558. The second kappa shape index (κ2) is 9.29. The van der Waals surface area contributed by atoms with Gasteiger partial charge in [0.1, 0.15) is 0 Å². The lowest BCUT2D eigenvalue weighted by Gasteiger charge is -2.29. The Morgan fingerprint density at radius 3 is 2.21 bits per heavy atom. The number of amides is 2. The van der Waals surface area contributed by atoms with Gasteiger partial charge in [-0.3, -0.25) is 9.59 Å². The molecular weight excluding hydrogens is 329 g/mol. The van der Waals surface area contributed by atoms with E-state index in [0.29, 0.717) is 0 Å². The van der Waals surface area contributed by atoms with Crippen LogP contribution in [0.2, 0.25) is 0 Å². The maximum atomic E-state index is 12.1. The Labute approximate surface area is 139 Å². The van der Waals surface area contributed by atoms with Crippen LogP contribution in [-0.4, -0.2) is 55.1 Å². The highest BCUT2D eigenvalue weighted by Gasteiger charge is 2.38. The van der Waals surface area contributed by atoms with Crippen molar-refractivity contribution in [3.8, 4) is 0 Å². The molecule has 0 aliphatic carbocycles. The molecule has 0 aliphatic heterocycles. The van der Waals surface area contributed by atoms with Crippen molar-refractivity contribution in [1.82, 2.24) is 10.2 Å². The van der Waals surface area contributed by atoms with E-state index in [2.05, 4.69) is 0 Å². The Hall–Kier alpha value is -2.06. The molecule has 2 amide bonds. The number of carbonyl (C=O) groups excluding carboxylic acids is 3. The third-order valence-corrected chi connectivity index (χ3v) is 3.20. The van der Waals surface area contributed by atoms with Crippen molar-refractivity contribution in [2.24, 2.45) is 5.92 Å². The zero-order chi connectivity index (χ0) is 19.1. The first kappa shape index (κ1) is 21.9. The topological polar surface area (TPSA) is 75.7 Å². The zero-order valence-corrected chi connectivity index (χ0v) is 14.4. The van der Waals surface area contributed by atoms with Crippen molar-refractivity contribution in [3.05, 3.63) is 11.6 Å². The van der Waals surface area contributed by atoms with Gasteiger partial charge in [0, 0.05) is 12.6 Å². The van der Waals surface area contributed by atoms with Crippen LogP contribution < -0.4 is 5.32 Å². The Balaban J connectivity index is 5.00. The van der Waals surface area contributed by atoms with Gasteiger partial charge in [0.25, 0.3) is 0 Å². The number of nitrogens with one attached hydrogen (secondary N) is 1. The number of nitrogens with zero attached hydrogens (tertiary/aromatic N) is 1. The summed E-state index contributed by atoms with van der Waals surface area (Å²) in [7, 11) is 1.39. The molecule has 0 aliphatic rings. The van der Waals surface area contributed by atoms with Crippen molar-refractivity contribution in [1.29, 1.82) is 0 Å². The van der Waals surface area contributed by atoms with E-state index in [0.717, 1.165) is 0 Å². The van der Waals surface area contributed by atoms with Crippen LogP contribution in [0.5, 0.6) is 0 Å². The number of halogens is 3. The molecule has 6 nitrogen and oxygen atoms in total. The third-order valence-electron chi connectivity index (χ3n) is 3.20. The minimum Gasteiger partial charge on any atom is -0.463 e. The molecular formula is C15H23F3N2O4. The maximum absolute atomic E-state index is 12.1. The fourth-order valence-corrected chi connectivity index (χ4v) is 1.87. The fourth-order valence-electron chi connectivity index (χ4n) is 1.87. The van der Waals surface area contributed by atoms with E-state index < -0.39 is 36.5 Å². The number of alkyl halides is 3. The van der Waals surface area contributed by atoms with Crippen LogP contribution in [0.15, 0.2) is 11.6 Å². The van der Waals surface area contributed by atoms with Crippen LogP contribution in [-0.2, 0) is 19.1 Å². The number of carbonyl (C=O) groups is 3.